The Hall–Kier alpha value is -2.73. The summed E-state index contributed by atoms with van der Waals surface area (Å²) in [6, 6.07) is 14.2. The van der Waals surface area contributed by atoms with Crippen LogP contribution in [-0.4, -0.2) is 22.8 Å². The van der Waals surface area contributed by atoms with Crippen LogP contribution in [0.3, 0.4) is 0 Å². The molecule has 0 bridgehead atoms. The van der Waals surface area contributed by atoms with Gasteiger partial charge in [0.2, 0.25) is 5.91 Å². The third kappa shape index (κ3) is 4.08. The van der Waals surface area contributed by atoms with E-state index in [9.17, 15) is 9.59 Å². The van der Waals surface area contributed by atoms with Crippen molar-refractivity contribution in [2.75, 3.05) is 5.32 Å². The second-order valence-corrected chi connectivity index (χ2v) is 7.57. The Morgan fingerprint density at radius 1 is 1.08 bits per heavy atom. The molecule has 0 aliphatic carbocycles. The summed E-state index contributed by atoms with van der Waals surface area (Å²) in [7, 11) is 0. The van der Waals surface area contributed by atoms with Gasteiger partial charge in [-0.1, -0.05) is 49.4 Å². The first-order chi connectivity index (χ1) is 12.4. The van der Waals surface area contributed by atoms with Gasteiger partial charge in [-0.3, -0.25) is 9.59 Å². The number of carbonyl (C=O) groups is 2. The lowest BCUT2D eigenvalue weighted by Crippen LogP contribution is -2.47. The van der Waals surface area contributed by atoms with Crippen molar-refractivity contribution in [2.45, 2.75) is 26.8 Å². The molecule has 0 saturated heterocycles. The first-order valence-electron chi connectivity index (χ1n) is 8.48. The molecule has 1 aromatic heterocycles. The minimum absolute atomic E-state index is 0.0562. The monoisotopic (exact) mass is 367 g/mol. The van der Waals surface area contributed by atoms with E-state index in [0.29, 0.717) is 10.7 Å². The van der Waals surface area contributed by atoms with E-state index in [1.54, 1.807) is 24.3 Å². The number of nitrogens with zero attached hydrogens (tertiary/aromatic N) is 1. The molecule has 26 heavy (non-hydrogen) atoms. The molecule has 1 unspecified atom stereocenters. The van der Waals surface area contributed by atoms with E-state index >= 15 is 0 Å². The number of nitrogens with one attached hydrogen (secondary N) is 2. The minimum atomic E-state index is -0.642. The quantitative estimate of drug-likeness (QED) is 0.716. The molecule has 3 aromatic rings. The Balaban J connectivity index is 1.74. The number of fused-ring (bicyclic) bond motifs is 1. The molecular weight excluding hydrogens is 346 g/mol. The van der Waals surface area contributed by atoms with E-state index in [0.717, 1.165) is 15.8 Å². The first kappa shape index (κ1) is 18.1. The molecule has 1 heterocycles. The maximum absolute atomic E-state index is 12.7. The van der Waals surface area contributed by atoms with Gasteiger partial charge in [-0.2, -0.15) is 0 Å². The van der Waals surface area contributed by atoms with Gasteiger partial charge in [0.1, 0.15) is 6.04 Å². The summed E-state index contributed by atoms with van der Waals surface area (Å²) in [5.74, 6) is -0.585. The van der Waals surface area contributed by atoms with Crippen molar-refractivity contribution in [1.29, 1.82) is 0 Å². The molecule has 0 aliphatic rings. The van der Waals surface area contributed by atoms with Gasteiger partial charge in [0, 0.05) is 5.56 Å². The molecule has 0 aliphatic heterocycles. The van der Waals surface area contributed by atoms with Crippen LogP contribution in [0.25, 0.3) is 10.2 Å². The first-order valence-corrected chi connectivity index (χ1v) is 9.29. The Morgan fingerprint density at radius 2 is 1.81 bits per heavy atom. The standard InChI is InChI=1S/C20H21N3O2S/c1-12(2)17(22-18(24)14-7-5-4-6-8-14)19(25)23-20-21-15-10-9-13(3)11-16(15)26-20/h4-12,17H,1-3H3,(H,22,24)(H,21,23,25). The van der Waals surface area contributed by atoms with E-state index in [-0.39, 0.29) is 17.7 Å². The summed E-state index contributed by atoms with van der Waals surface area (Å²) >= 11 is 1.43. The Labute approximate surface area is 156 Å². The van der Waals surface area contributed by atoms with E-state index in [1.165, 1.54) is 11.3 Å². The van der Waals surface area contributed by atoms with Crippen molar-refractivity contribution in [2.24, 2.45) is 5.92 Å². The molecule has 5 nitrogen and oxygen atoms in total. The van der Waals surface area contributed by atoms with Crippen molar-refractivity contribution in [3.05, 3.63) is 59.7 Å². The lowest BCUT2D eigenvalue weighted by molar-refractivity contribution is -0.118. The van der Waals surface area contributed by atoms with Gasteiger partial charge < -0.3 is 10.6 Å². The van der Waals surface area contributed by atoms with Gasteiger partial charge in [-0.15, -0.1) is 0 Å². The summed E-state index contributed by atoms with van der Waals surface area (Å²) in [4.78, 5) is 29.5. The van der Waals surface area contributed by atoms with Gasteiger partial charge in [0.05, 0.1) is 10.2 Å². The molecule has 0 saturated carbocycles. The van der Waals surface area contributed by atoms with Crippen LogP contribution >= 0.6 is 11.3 Å². The van der Waals surface area contributed by atoms with Crippen molar-refractivity contribution in [1.82, 2.24) is 10.3 Å². The van der Waals surface area contributed by atoms with Crippen LogP contribution in [0.2, 0.25) is 0 Å². The highest BCUT2D eigenvalue weighted by Gasteiger charge is 2.25. The predicted molar refractivity (Wildman–Crippen MR) is 106 cm³/mol. The number of aryl methyl sites for hydroxylation is 1. The van der Waals surface area contributed by atoms with Crippen LogP contribution in [0.5, 0.6) is 0 Å². The summed E-state index contributed by atoms with van der Waals surface area (Å²) in [6.45, 7) is 5.82. The number of anilines is 1. The molecular formula is C20H21N3O2S. The van der Waals surface area contributed by atoms with Crippen molar-refractivity contribution in [3.63, 3.8) is 0 Å². The summed E-state index contributed by atoms with van der Waals surface area (Å²) < 4.78 is 1.02. The third-order valence-electron chi connectivity index (χ3n) is 4.05. The molecule has 6 heteroatoms. The normalized spacial score (nSPS) is 12.2. The lowest BCUT2D eigenvalue weighted by Gasteiger charge is -2.21. The number of rotatable bonds is 5. The zero-order valence-corrected chi connectivity index (χ0v) is 15.8. The summed E-state index contributed by atoms with van der Waals surface area (Å²) in [5.41, 5.74) is 2.53. The number of carbonyl (C=O) groups excluding carboxylic acids is 2. The van der Waals surface area contributed by atoms with E-state index in [1.807, 2.05) is 45.0 Å². The molecule has 2 N–H and O–H groups in total. The van der Waals surface area contributed by atoms with Gasteiger partial charge in [0.25, 0.3) is 5.91 Å². The van der Waals surface area contributed by atoms with Gasteiger partial charge in [-0.25, -0.2) is 4.98 Å². The third-order valence-corrected chi connectivity index (χ3v) is 4.98. The van der Waals surface area contributed by atoms with Crippen LogP contribution in [0.15, 0.2) is 48.5 Å². The van der Waals surface area contributed by atoms with Crippen molar-refractivity contribution in [3.8, 4) is 0 Å². The second kappa shape index (κ2) is 7.66. The Bertz CT molecular complexity index is 935. The Kier molecular flexibility index (Phi) is 5.32. The minimum Gasteiger partial charge on any atom is -0.340 e. The summed E-state index contributed by atoms with van der Waals surface area (Å²) in [6.07, 6.45) is 0. The number of thiazole rings is 1. The highest BCUT2D eigenvalue weighted by atomic mass is 32.1. The molecule has 0 radical (unpaired) electrons. The van der Waals surface area contributed by atoms with Crippen LogP contribution in [0.1, 0.15) is 29.8 Å². The highest BCUT2D eigenvalue weighted by Crippen LogP contribution is 2.27. The number of hydrogen-bond acceptors (Lipinski definition) is 4. The fourth-order valence-corrected chi connectivity index (χ4v) is 3.58. The Morgan fingerprint density at radius 3 is 2.50 bits per heavy atom. The van der Waals surface area contributed by atoms with Crippen LogP contribution in [-0.2, 0) is 4.79 Å². The van der Waals surface area contributed by atoms with E-state index in [4.69, 9.17) is 0 Å². The van der Waals surface area contributed by atoms with Crippen molar-refractivity contribution < 1.29 is 9.59 Å². The number of amides is 2. The molecule has 1 atom stereocenters. The van der Waals surface area contributed by atoms with Gasteiger partial charge in [0.15, 0.2) is 5.13 Å². The fourth-order valence-electron chi connectivity index (χ4n) is 2.62. The highest BCUT2D eigenvalue weighted by molar-refractivity contribution is 7.22. The number of aromatic nitrogens is 1. The SMILES string of the molecule is Cc1ccc2nc(NC(=O)C(NC(=O)c3ccccc3)C(C)C)sc2c1. The number of benzene rings is 2. The topological polar surface area (TPSA) is 71.1 Å². The molecule has 134 valence electrons. The van der Waals surface area contributed by atoms with E-state index < -0.39 is 6.04 Å². The average molecular weight is 367 g/mol. The number of hydrogen-bond donors (Lipinski definition) is 2. The maximum atomic E-state index is 12.7. The largest absolute Gasteiger partial charge is 0.340 e. The lowest BCUT2D eigenvalue weighted by atomic mass is 10.0. The molecule has 3 rings (SSSR count). The second-order valence-electron chi connectivity index (χ2n) is 6.54. The fraction of sp³-hybridized carbons (Fsp3) is 0.250. The zero-order valence-electron chi connectivity index (χ0n) is 14.9. The van der Waals surface area contributed by atoms with Gasteiger partial charge >= 0.3 is 0 Å². The van der Waals surface area contributed by atoms with Crippen LogP contribution in [0.4, 0.5) is 5.13 Å². The van der Waals surface area contributed by atoms with Crippen LogP contribution in [0, 0.1) is 12.8 Å². The molecule has 2 amide bonds. The predicted octanol–water partition coefficient (Wildman–Crippen LogP) is 4.00. The molecule has 0 fully saturated rings. The smallest absolute Gasteiger partial charge is 0.251 e. The van der Waals surface area contributed by atoms with Crippen molar-refractivity contribution >= 4 is 38.5 Å². The van der Waals surface area contributed by atoms with Crippen LogP contribution < -0.4 is 10.6 Å². The molecule has 2 aromatic carbocycles. The average Bonchev–Trinajstić information content (AvgIpc) is 3.01. The molecule has 0 spiro atoms. The zero-order chi connectivity index (χ0) is 18.7. The van der Waals surface area contributed by atoms with E-state index in [2.05, 4.69) is 15.6 Å². The van der Waals surface area contributed by atoms with Gasteiger partial charge in [-0.05, 0) is 42.7 Å². The summed E-state index contributed by atoms with van der Waals surface area (Å²) in [5, 5.41) is 6.20. The maximum Gasteiger partial charge on any atom is 0.251 e.